The number of piperidine rings is 1. The number of nitrogens with zero attached hydrogens (tertiary/aromatic N) is 1. The Morgan fingerprint density at radius 3 is 2.31 bits per heavy atom. The second-order valence-electron chi connectivity index (χ2n) is 19.9. The molecule has 4 saturated carbocycles. The van der Waals surface area contributed by atoms with Gasteiger partial charge >= 0.3 is 5.97 Å². The van der Waals surface area contributed by atoms with Crippen molar-refractivity contribution in [2.24, 2.45) is 51.2 Å². The van der Waals surface area contributed by atoms with Crippen LogP contribution in [0, 0.1) is 51.2 Å². The number of carbonyl (C=O) groups is 1. The first-order chi connectivity index (χ1) is 24.3. The number of rotatable bonds is 7. The van der Waals surface area contributed by atoms with Crippen LogP contribution in [0.4, 0.5) is 0 Å². The molecule has 5 heteroatoms. The van der Waals surface area contributed by atoms with Gasteiger partial charge in [0.05, 0.1) is 25.9 Å². The van der Waals surface area contributed by atoms with Gasteiger partial charge in [0.15, 0.2) is 0 Å². The highest BCUT2D eigenvalue weighted by Gasteiger charge is 2.70. The number of benzene rings is 1. The second kappa shape index (κ2) is 12.8. The lowest BCUT2D eigenvalue weighted by Crippen LogP contribution is -2.68. The molecule has 5 aliphatic carbocycles. The minimum Gasteiger partial charge on any atom is -0.465 e. The first kappa shape index (κ1) is 36.0. The Morgan fingerprint density at radius 2 is 1.63 bits per heavy atom. The average Bonchev–Trinajstić information content (AvgIpc) is 3.48. The Morgan fingerprint density at radius 1 is 0.902 bits per heavy atom. The van der Waals surface area contributed by atoms with E-state index in [0.717, 1.165) is 38.0 Å². The van der Waals surface area contributed by atoms with Crippen molar-refractivity contribution in [3.8, 4) is 0 Å². The van der Waals surface area contributed by atoms with E-state index >= 15 is 0 Å². The topological polar surface area (TPSA) is 50.8 Å². The Bertz CT molecular complexity index is 1530. The Hall–Kier alpha value is -1.95. The van der Waals surface area contributed by atoms with E-state index in [1.165, 1.54) is 101 Å². The zero-order chi connectivity index (χ0) is 36.0. The van der Waals surface area contributed by atoms with Gasteiger partial charge in [0.25, 0.3) is 0 Å². The van der Waals surface area contributed by atoms with Crippen LogP contribution in [-0.4, -0.2) is 61.9 Å². The third-order valence-corrected chi connectivity index (χ3v) is 17.7. The Kier molecular flexibility index (Phi) is 9.07. The molecule has 0 aromatic heterocycles. The molecule has 5 nitrogen and oxygen atoms in total. The average molecular weight is 697 g/mol. The number of nitrogens with one attached hydrogen (secondary N) is 1. The standard InChI is InChI=1S/C46H68N2O3/c1-30(2)35-18-23-46(47-26-27-48-33-10-9-11-34(48)29-51-28-33)25-24-44(6)37(40(35)46)16-17-39-43(5)21-19-36(31-12-14-32(15-13-31)41(49)50-8)42(3,4)38(43)20-22-45(39,44)7/h12-15,19,33-35,37-40,47H,1,9-11,16-18,20-29H2,2-8H3/t33?,34?,35-,37+,38-,39+,40+,43-,44+,45+,46-/m0/s1. The van der Waals surface area contributed by atoms with Gasteiger partial charge in [0.1, 0.15) is 0 Å². The van der Waals surface area contributed by atoms with E-state index in [-0.39, 0.29) is 22.3 Å². The van der Waals surface area contributed by atoms with Crippen molar-refractivity contribution in [3.05, 3.63) is 53.6 Å². The van der Waals surface area contributed by atoms with Gasteiger partial charge in [-0.1, -0.05) is 71.4 Å². The van der Waals surface area contributed by atoms with Crippen molar-refractivity contribution in [1.29, 1.82) is 0 Å². The minimum atomic E-state index is -0.264. The molecule has 2 aliphatic heterocycles. The highest BCUT2D eigenvalue weighted by molar-refractivity contribution is 5.89. The van der Waals surface area contributed by atoms with E-state index < -0.39 is 0 Å². The molecule has 0 spiro atoms. The van der Waals surface area contributed by atoms with Crippen LogP contribution in [0.25, 0.3) is 5.57 Å². The molecule has 2 heterocycles. The highest BCUT2D eigenvalue weighted by Crippen LogP contribution is 2.76. The zero-order valence-electron chi connectivity index (χ0n) is 33.1. The Labute approximate surface area is 309 Å². The lowest BCUT2D eigenvalue weighted by atomic mass is 9.33. The van der Waals surface area contributed by atoms with Crippen molar-refractivity contribution in [1.82, 2.24) is 10.2 Å². The van der Waals surface area contributed by atoms with Gasteiger partial charge in [-0.3, -0.25) is 4.90 Å². The van der Waals surface area contributed by atoms with Gasteiger partial charge in [-0.25, -0.2) is 4.79 Å². The molecule has 2 bridgehead atoms. The summed E-state index contributed by atoms with van der Waals surface area (Å²) in [6.45, 7) is 24.4. The van der Waals surface area contributed by atoms with Gasteiger partial charge in [0.2, 0.25) is 0 Å². The molecule has 0 radical (unpaired) electrons. The summed E-state index contributed by atoms with van der Waals surface area (Å²) in [5.74, 6) is 3.20. The number of allylic oxidation sites excluding steroid dienone is 3. The lowest BCUT2D eigenvalue weighted by Gasteiger charge is -2.72. The summed E-state index contributed by atoms with van der Waals surface area (Å²) in [5.41, 5.74) is 6.08. The van der Waals surface area contributed by atoms with Crippen LogP contribution < -0.4 is 5.32 Å². The molecule has 8 rings (SSSR count). The van der Waals surface area contributed by atoms with Crippen molar-refractivity contribution < 1.29 is 14.3 Å². The minimum absolute atomic E-state index is 0.0694. The number of carbonyl (C=O) groups excluding carboxylic acids is 1. The van der Waals surface area contributed by atoms with Crippen molar-refractivity contribution in [2.75, 3.05) is 33.4 Å². The fraction of sp³-hybridized carbons (Fsp3) is 0.761. The summed E-state index contributed by atoms with van der Waals surface area (Å²) in [6, 6.07) is 9.44. The number of morpholine rings is 1. The molecule has 1 N–H and O–H groups in total. The van der Waals surface area contributed by atoms with Gasteiger partial charge in [-0.05, 0) is 152 Å². The van der Waals surface area contributed by atoms with Crippen LogP contribution in [0.1, 0.15) is 135 Å². The van der Waals surface area contributed by atoms with Crippen molar-refractivity contribution in [2.45, 2.75) is 136 Å². The molecule has 1 aromatic rings. The molecule has 1 aromatic carbocycles. The number of fused-ring (bicyclic) bond motifs is 9. The third kappa shape index (κ3) is 5.35. The fourth-order valence-electron chi connectivity index (χ4n) is 15.2. The summed E-state index contributed by atoms with van der Waals surface area (Å²) < 4.78 is 11.0. The zero-order valence-corrected chi connectivity index (χ0v) is 33.1. The van der Waals surface area contributed by atoms with Crippen molar-refractivity contribution >= 4 is 11.5 Å². The summed E-state index contributed by atoms with van der Waals surface area (Å²) in [4.78, 5) is 15.0. The van der Waals surface area contributed by atoms with E-state index in [1.54, 1.807) is 0 Å². The summed E-state index contributed by atoms with van der Waals surface area (Å²) >= 11 is 0. The predicted molar refractivity (Wildman–Crippen MR) is 207 cm³/mol. The molecule has 280 valence electrons. The van der Waals surface area contributed by atoms with E-state index in [2.05, 4.69) is 76.5 Å². The van der Waals surface area contributed by atoms with Crippen molar-refractivity contribution in [3.63, 3.8) is 0 Å². The molecule has 2 unspecified atom stereocenters. The largest absolute Gasteiger partial charge is 0.465 e. The maximum atomic E-state index is 12.2. The number of hydrogen-bond acceptors (Lipinski definition) is 5. The van der Waals surface area contributed by atoms with E-state index in [9.17, 15) is 4.79 Å². The third-order valence-electron chi connectivity index (χ3n) is 17.7. The summed E-state index contributed by atoms with van der Waals surface area (Å²) in [6.07, 6.45) is 18.4. The van der Waals surface area contributed by atoms with Gasteiger partial charge in [-0.2, -0.15) is 0 Å². The quantitative estimate of drug-likeness (QED) is 0.227. The maximum absolute atomic E-state index is 12.2. The summed E-state index contributed by atoms with van der Waals surface area (Å²) in [7, 11) is 1.46. The summed E-state index contributed by atoms with van der Waals surface area (Å²) in [5, 5.41) is 4.39. The molecular weight excluding hydrogens is 629 g/mol. The molecule has 51 heavy (non-hydrogen) atoms. The number of esters is 1. The van der Waals surface area contributed by atoms with Crippen LogP contribution in [0.3, 0.4) is 0 Å². The number of methoxy groups -OCH3 is 1. The van der Waals surface area contributed by atoms with Crippen LogP contribution in [0.15, 0.2) is 42.5 Å². The predicted octanol–water partition coefficient (Wildman–Crippen LogP) is 9.72. The second-order valence-corrected chi connectivity index (χ2v) is 19.9. The molecule has 11 atom stereocenters. The smallest absolute Gasteiger partial charge is 0.337 e. The molecule has 0 amide bonds. The SMILES string of the molecule is C=C(C)[C@@H]1CC[C@]2(NCCN3C4CCCC3COC4)CC[C@]3(C)[C@H](CC[C@@H]4[C@@]5(C)CC=C(c6ccc(C(=O)OC)cc6)C(C)(C)[C@@H]5CC[C@]43C)[C@@H]12. The van der Waals surface area contributed by atoms with Gasteiger partial charge < -0.3 is 14.8 Å². The Balaban J connectivity index is 1.05. The molecular formula is C46H68N2O3. The first-order valence-corrected chi connectivity index (χ1v) is 20.9. The van der Waals surface area contributed by atoms with E-state index in [4.69, 9.17) is 9.47 Å². The number of ether oxygens (including phenoxy) is 2. The normalized spacial score (nSPS) is 44.3. The maximum Gasteiger partial charge on any atom is 0.337 e. The van der Waals surface area contributed by atoms with Crippen LogP contribution in [0.2, 0.25) is 0 Å². The van der Waals surface area contributed by atoms with Crippen LogP contribution in [-0.2, 0) is 9.47 Å². The lowest BCUT2D eigenvalue weighted by molar-refractivity contribution is -0.219. The van der Waals surface area contributed by atoms with Crippen LogP contribution >= 0.6 is 0 Å². The monoisotopic (exact) mass is 697 g/mol. The molecule has 2 saturated heterocycles. The van der Waals surface area contributed by atoms with Crippen LogP contribution in [0.5, 0.6) is 0 Å². The van der Waals surface area contributed by atoms with E-state index in [0.29, 0.717) is 46.2 Å². The van der Waals surface area contributed by atoms with Gasteiger partial charge in [0, 0.05) is 30.7 Å². The first-order valence-electron chi connectivity index (χ1n) is 20.9. The van der Waals surface area contributed by atoms with E-state index in [1.807, 2.05) is 12.1 Å². The molecule has 7 aliphatic rings. The number of hydrogen-bond donors (Lipinski definition) is 1. The fourth-order valence-corrected chi connectivity index (χ4v) is 15.2. The highest BCUT2D eigenvalue weighted by atomic mass is 16.5. The van der Waals surface area contributed by atoms with Gasteiger partial charge in [-0.15, -0.1) is 0 Å². The molecule has 6 fully saturated rings.